The number of benzene rings is 1. The van der Waals surface area contributed by atoms with Gasteiger partial charge in [-0.25, -0.2) is 0 Å². The lowest BCUT2D eigenvalue weighted by Gasteiger charge is -2.30. The monoisotopic (exact) mass is 260 g/mol. The molecule has 1 aliphatic rings. The van der Waals surface area contributed by atoms with Gasteiger partial charge in [-0.3, -0.25) is 10.1 Å². The first kappa shape index (κ1) is 14.1. The molecule has 1 heterocycles. The molecule has 2 rings (SSSR count). The zero-order valence-corrected chi connectivity index (χ0v) is 12.3. The minimum absolute atomic E-state index is 0.0213. The quantitative estimate of drug-likeness (QED) is 0.902. The Kier molecular flexibility index (Phi) is 4.25. The molecule has 0 aliphatic carbocycles. The second-order valence-electron chi connectivity index (χ2n) is 5.44. The van der Waals surface area contributed by atoms with Crippen molar-refractivity contribution in [1.82, 2.24) is 10.2 Å². The van der Waals surface area contributed by atoms with Crippen molar-refractivity contribution in [3.63, 3.8) is 0 Å². The van der Waals surface area contributed by atoms with Gasteiger partial charge in [-0.05, 0) is 32.3 Å². The van der Waals surface area contributed by atoms with Crippen LogP contribution in [0.5, 0.6) is 0 Å². The number of hydrogen-bond donors (Lipinski definition) is 1. The Labute approximate surface area is 116 Å². The maximum absolute atomic E-state index is 12.5. The van der Waals surface area contributed by atoms with E-state index < -0.39 is 0 Å². The van der Waals surface area contributed by atoms with Gasteiger partial charge in [-0.2, -0.15) is 0 Å². The lowest BCUT2D eigenvalue weighted by atomic mass is 10.1. The molecule has 3 heteroatoms. The highest BCUT2D eigenvalue weighted by Gasteiger charge is 2.40. The van der Waals surface area contributed by atoms with Crippen molar-refractivity contribution in [2.75, 3.05) is 0 Å². The van der Waals surface area contributed by atoms with Crippen molar-refractivity contribution >= 4 is 5.91 Å². The summed E-state index contributed by atoms with van der Waals surface area (Å²) in [5.74, 6) is 0.238. The molecule has 3 unspecified atom stereocenters. The van der Waals surface area contributed by atoms with Crippen LogP contribution in [0.25, 0.3) is 0 Å². The van der Waals surface area contributed by atoms with E-state index in [1.54, 1.807) is 0 Å². The number of nitrogens with one attached hydrogen (secondary N) is 1. The van der Waals surface area contributed by atoms with Gasteiger partial charge in [0.05, 0.1) is 6.04 Å². The van der Waals surface area contributed by atoms with Gasteiger partial charge in [0, 0.05) is 6.04 Å². The summed E-state index contributed by atoms with van der Waals surface area (Å²) >= 11 is 0. The third kappa shape index (κ3) is 2.66. The fourth-order valence-corrected chi connectivity index (χ4v) is 2.62. The van der Waals surface area contributed by atoms with E-state index in [-0.39, 0.29) is 24.2 Å². The molecule has 0 saturated carbocycles. The molecule has 1 N–H and O–H groups in total. The molecule has 1 amide bonds. The van der Waals surface area contributed by atoms with Crippen molar-refractivity contribution in [3.8, 4) is 0 Å². The van der Waals surface area contributed by atoms with Crippen molar-refractivity contribution in [2.24, 2.45) is 0 Å². The maximum Gasteiger partial charge on any atom is 0.241 e. The van der Waals surface area contributed by atoms with E-state index in [0.717, 1.165) is 12.8 Å². The summed E-state index contributed by atoms with van der Waals surface area (Å²) in [5, 5.41) is 3.47. The number of hydrogen-bond acceptors (Lipinski definition) is 2. The summed E-state index contributed by atoms with van der Waals surface area (Å²) in [6.45, 7) is 8.39. The van der Waals surface area contributed by atoms with E-state index in [9.17, 15) is 4.79 Å². The van der Waals surface area contributed by atoms with Crippen LogP contribution in [-0.2, 0) is 4.79 Å². The number of carbonyl (C=O) groups excluding carboxylic acids is 1. The minimum atomic E-state index is -0.0414. The van der Waals surface area contributed by atoms with E-state index in [4.69, 9.17) is 0 Å². The van der Waals surface area contributed by atoms with E-state index >= 15 is 0 Å². The van der Waals surface area contributed by atoms with Crippen LogP contribution in [-0.4, -0.2) is 22.9 Å². The Morgan fingerprint density at radius 2 is 1.89 bits per heavy atom. The Hall–Kier alpha value is -1.35. The molecule has 1 aromatic carbocycles. The summed E-state index contributed by atoms with van der Waals surface area (Å²) in [6.07, 6.45) is 1.84. The maximum atomic E-state index is 12.5. The third-order valence-electron chi connectivity index (χ3n) is 4.06. The summed E-state index contributed by atoms with van der Waals surface area (Å²) in [7, 11) is 0. The molecule has 0 spiro atoms. The average molecular weight is 260 g/mol. The first-order valence-corrected chi connectivity index (χ1v) is 7.23. The zero-order chi connectivity index (χ0) is 14.0. The third-order valence-corrected chi connectivity index (χ3v) is 4.06. The molecule has 0 aromatic heterocycles. The molecule has 3 atom stereocenters. The summed E-state index contributed by atoms with van der Waals surface area (Å²) < 4.78 is 0. The Bertz CT molecular complexity index is 441. The molecule has 0 radical (unpaired) electrons. The van der Waals surface area contributed by atoms with Gasteiger partial charge in [-0.15, -0.1) is 0 Å². The largest absolute Gasteiger partial charge is 0.319 e. The number of aryl methyl sites for hydroxylation is 1. The van der Waals surface area contributed by atoms with Gasteiger partial charge in [0.25, 0.3) is 0 Å². The Morgan fingerprint density at radius 1 is 1.26 bits per heavy atom. The zero-order valence-electron chi connectivity index (χ0n) is 12.3. The number of rotatable bonds is 4. The van der Waals surface area contributed by atoms with Crippen molar-refractivity contribution < 1.29 is 4.79 Å². The molecular weight excluding hydrogens is 236 g/mol. The molecule has 3 nitrogen and oxygen atoms in total. The molecule has 1 aromatic rings. The molecule has 19 heavy (non-hydrogen) atoms. The van der Waals surface area contributed by atoms with Crippen LogP contribution in [0.1, 0.15) is 50.9 Å². The Balaban J connectivity index is 2.31. The van der Waals surface area contributed by atoms with E-state index in [1.807, 2.05) is 4.90 Å². The minimum Gasteiger partial charge on any atom is -0.319 e. The lowest BCUT2D eigenvalue weighted by molar-refractivity contribution is -0.132. The molecule has 1 aliphatic heterocycles. The fraction of sp³-hybridized carbons (Fsp3) is 0.562. The fourth-order valence-electron chi connectivity index (χ4n) is 2.62. The van der Waals surface area contributed by atoms with Gasteiger partial charge < -0.3 is 4.90 Å². The van der Waals surface area contributed by atoms with Crippen LogP contribution in [0.3, 0.4) is 0 Å². The van der Waals surface area contributed by atoms with Gasteiger partial charge in [0.15, 0.2) is 0 Å². The number of amides is 1. The standard InChI is InChI=1S/C16H24N2O/c1-5-12(4)18-15(17-14(6-2)16(18)19)13-9-7-11(3)8-10-13/h7-10,12,14-15,17H,5-6H2,1-4H3. The first-order chi connectivity index (χ1) is 9.08. The predicted molar refractivity (Wildman–Crippen MR) is 77.7 cm³/mol. The second-order valence-corrected chi connectivity index (χ2v) is 5.44. The average Bonchev–Trinajstić information content (AvgIpc) is 2.75. The summed E-state index contributed by atoms with van der Waals surface area (Å²) in [5.41, 5.74) is 2.42. The summed E-state index contributed by atoms with van der Waals surface area (Å²) in [4.78, 5) is 14.5. The second kappa shape index (κ2) is 5.74. The van der Waals surface area contributed by atoms with Crippen molar-refractivity contribution in [1.29, 1.82) is 0 Å². The van der Waals surface area contributed by atoms with Crippen molar-refractivity contribution in [3.05, 3.63) is 35.4 Å². The van der Waals surface area contributed by atoms with E-state index in [1.165, 1.54) is 11.1 Å². The van der Waals surface area contributed by atoms with Crippen LogP contribution in [0.4, 0.5) is 0 Å². The van der Waals surface area contributed by atoms with Crippen LogP contribution < -0.4 is 5.32 Å². The molecule has 1 fully saturated rings. The van der Waals surface area contributed by atoms with Gasteiger partial charge in [0.1, 0.15) is 6.17 Å². The van der Waals surface area contributed by atoms with Crippen LogP contribution >= 0.6 is 0 Å². The molecule has 0 bridgehead atoms. The van der Waals surface area contributed by atoms with Crippen LogP contribution in [0.15, 0.2) is 24.3 Å². The van der Waals surface area contributed by atoms with Crippen molar-refractivity contribution in [2.45, 2.75) is 58.8 Å². The molecule has 104 valence electrons. The predicted octanol–water partition coefficient (Wildman–Crippen LogP) is 3.00. The lowest BCUT2D eigenvalue weighted by Crippen LogP contribution is -2.38. The molecular formula is C16H24N2O. The SMILES string of the molecule is CCC1NC(c2ccc(C)cc2)N(C(C)CC)C1=O. The number of carbonyl (C=O) groups is 1. The van der Waals surface area contributed by atoms with Crippen LogP contribution in [0.2, 0.25) is 0 Å². The van der Waals surface area contributed by atoms with Gasteiger partial charge in [0.2, 0.25) is 5.91 Å². The smallest absolute Gasteiger partial charge is 0.241 e. The highest BCUT2D eigenvalue weighted by Crippen LogP contribution is 2.29. The Morgan fingerprint density at radius 3 is 2.42 bits per heavy atom. The van der Waals surface area contributed by atoms with E-state index in [2.05, 4.69) is 57.3 Å². The topological polar surface area (TPSA) is 32.3 Å². The highest BCUT2D eigenvalue weighted by molar-refractivity contribution is 5.84. The van der Waals surface area contributed by atoms with Gasteiger partial charge in [-0.1, -0.05) is 43.7 Å². The normalized spacial score (nSPS) is 24.8. The highest BCUT2D eigenvalue weighted by atomic mass is 16.2. The van der Waals surface area contributed by atoms with Crippen LogP contribution in [0, 0.1) is 6.92 Å². The molecule has 1 saturated heterocycles. The first-order valence-electron chi connectivity index (χ1n) is 7.23. The summed E-state index contributed by atoms with van der Waals surface area (Å²) in [6, 6.07) is 8.68. The number of nitrogens with zero attached hydrogens (tertiary/aromatic N) is 1. The van der Waals surface area contributed by atoms with Gasteiger partial charge >= 0.3 is 0 Å². The van der Waals surface area contributed by atoms with E-state index in [0.29, 0.717) is 0 Å².